The molecular weight excluding hydrogens is 414 g/mol. The lowest BCUT2D eigenvalue weighted by molar-refractivity contribution is 0.474. The summed E-state index contributed by atoms with van der Waals surface area (Å²) in [6.45, 7) is 7.87. The quantitative estimate of drug-likeness (QED) is 0.282. The van der Waals surface area contributed by atoms with E-state index in [0.29, 0.717) is 5.70 Å². The molecule has 0 spiro atoms. The number of rotatable bonds is 1. The molecule has 0 amide bonds. The van der Waals surface area contributed by atoms with Gasteiger partial charge in [0.15, 0.2) is 0 Å². The molecule has 9 heteroatoms. The average Bonchev–Trinajstić information content (AvgIpc) is 2.70. The van der Waals surface area contributed by atoms with Gasteiger partial charge in [0.1, 0.15) is 5.25 Å². The van der Waals surface area contributed by atoms with Gasteiger partial charge in [-0.3, -0.25) is 4.55 Å². The first-order valence-corrected chi connectivity index (χ1v) is 11.2. The number of anilines is 4. The molecule has 0 aliphatic heterocycles. The van der Waals surface area contributed by atoms with Crippen LogP contribution in [0.5, 0.6) is 0 Å². The van der Waals surface area contributed by atoms with E-state index in [-0.39, 0.29) is 6.42 Å². The van der Waals surface area contributed by atoms with Crippen molar-refractivity contribution in [3.8, 4) is 0 Å². The van der Waals surface area contributed by atoms with E-state index < -0.39 is 15.4 Å². The normalized spacial score (nSPS) is 14.5. The van der Waals surface area contributed by atoms with Crippen molar-refractivity contribution < 1.29 is 13.0 Å². The molecular formula is C22H35N5O3S. The van der Waals surface area contributed by atoms with Crippen LogP contribution in [0.15, 0.2) is 60.3 Å². The first-order valence-electron chi connectivity index (χ1n) is 9.73. The van der Waals surface area contributed by atoms with Gasteiger partial charge < -0.3 is 28.7 Å². The SMILES string of the molecule is CC.Cc1cc(N)ccc1N.Cc1cc(N)ccc1N.NC1=CCC(S(=O)(=O)O)C=C1. The van der Waals surface area contributed by atoms with E-state index in [2.05, 4.69) is 0 Å². The van der Waals surface area contributed by atoms with Crippen molar-refractivity contribution in [1.82, 2.24) is 0 Å². The summed E-state index contributed by atoms with van der Waals surface area (Å²) in [7, 11) is -3.94. The predicted octanol–water partition coefficient (Wildman–Crippen LogP) is 3.39. The summed E-state index contributed by atoms with van der Waals surface area (Å²) in [6.07, 6.45) is 4.67. The summed E-state index contributed by atoms with van der Waals surface area (Å²) in [4.78, 5) is 0. The lowest BCUT2D eigenvalue weighted by Gasteiger charge is -2.10. The minimum absolute atomic E-state index is 0.251. The van der Waals surface area contributed by atoms with Gasteiger partial charge in [0, 0.05) is 28.4 Å². The summed E-state index contributed by atoms with van der Waals surface area (Å²) >= 11 is 0. The van der Waals surface area contributed by atoms with Crippen LogP contribution in [0.4, 0.5) is 22.7 Å². The molecule has 3 rings (SSSR count). The molecule has 0 bridgehead atoms. The second-order valence-electron chi connectivity index (χ2n) is 6.58. The number of benzene rings is 2. The van der Waals surface area contributed by atoms with Crippen LogP contribution in [-0.4, -0.2) is 18.2 Å². The highest BCUT2D eigenvalue weighted by molar-refractivity contribution is 7.86. The van der Waals surface area contributed by atoms with Crippen molar-refractivity contribution in [3.05, 3.63) is 71.5 Å². The van der Waals surface area contributed by atoms with Gasteiger partial charge >= 0.3 is 0 Å². The van der Waals surface area contributed by atoms with E-state index in [9.17, 15) is 8.42 Å². The average molecular weight is 450 g/mol. The van der Waals surface area contributed by atoms with Crippen LogP contribution in [-0.2, 0) is 10.1 Å². The first kappa shape index (κ1) is 27.8. The molecule has 2 aromatic carbocycles. The molecule has 0 fully saturated rings. The third-order valence-corrected chi connectivity index (χ3v) is 5.17. The highest BCUT2D eigenvalue weighted by Gasteiger charge is 2.20. The van der Waals surface area contributed by atoms with Gasteiger partial charge in [-0.05, 0) is 73.9 Å². The van der Waals surface area contributed by atoms with E-state index in [1.165, 1.54) is 12.2 Å². The number of nitrogen functional groups attached to an aromatic ring is 4. The van der Waals surface area contributed by atoms with Gasteiger partial charge in [0.05, 0.1) is 0 Å². The van der Waals surface area contributed by atoms with Gasteiger partial charge in [-0.2, -0.15) is 8.42 Å². The summed E-state index contributed by atoms with van der Waals surface area (Å²) in [6, 6.07) is 10.9. The lowest BCUT2D eigenvalue weighted by Crippen LogP contribution is -2.19. The monoisotopic (exact) mass is 449 g/mol. The highest BCUT2D eigenvalue weighted by Crippen LogP contribution is 2.14. The van der Waals surface area contributed by atoms with Gasteiger partial charge in [-0.15, -0.1) is 0 Å². The Balaban J connectivity index is 0.000000421. The Kier molecular flexibility index (Phi) is 11.8. The molecule has 2 aromatic rings. The Labute approximate surface area is 185 Å². The van der Waals surface area contributed by atoms with Crippen molar-refractivity contribution in [1.29, 1.82) is 0 Å². The van der Waals surface area contributed by atoms with Crippen molar-refractivity contribution in [2.24, 2.45) is 5.73 Å². The van der Waals surface area contributed by atoms with Crippen molar-refractivity contribution in [3.63, 3.8) is 0 Å². The molecule has 0 heterocycles. The zero-order valence-electron chi connectivity index (χ0n) is 18.5. The second-order valence-corrected chi connectivity index (χ2v) is 8.22. The van der Waals surface area contributed by atoms with E-state index in [4.69, 9.17) is 33.2 Å². The summed E-state index contributed by atoms with van der Waals surface area (Å²) in [5, 5.41) is -0.824. The molecule has 0 radical (unpaired) electrons. The van der Waals surface area contributed by atoms with Gasteiger partial charge in [0.25, 0.3) is 10.1 Å². The smallest absolute Gasteiger partial charge is 0.271 e. The molecule has 8 nitrogen and oxygen atoms in total. The number of aryl methyl sites for hydroxylation is 2. The minimum Gasteiger partial charge on any atom is -0.399 e. The molecule has 0 saturated carbocycles. The molecule has 0 aromatic heterocycles. The fourth-order valence-corrected chi connectivity index (χ4v) is 2.85. The Morgan fingerprint density at radius 1 is 0.839 bits per heavy atom. The Hall–Kier alpha value is -3.17. The molecule has 1 aliphatic carbocycles. The molecule has 1 atom stereocenters. The van der Waals surface area contributed by atoms with Crippen LogP contribution >= 0.6 is 0 Å². The van der Waals surface area contributed by atoms with Gasteiger partial charge in [0.2, 0.25) is 0 Å². The van der Waals surface area contributed by atoms with Crippen LogP contribution in [0.1, 0.15) is 31.4 Å². The molecule has 172 valence electrons. The standard InChI is InChI=1S/2C7H10N2.C6H9NO3S.C2H6/c2*1-5-4-6(8)2-3-7(5)9;7-5-1-3-6(4-2-5)11(8,9)10;1-2/h2*2-4H,8-9H2,1H3;1-3,6H,4,7H2,(H,8,9,10);1-2H3. The number of hydrogen-bond donors (Lipinski definition) is 6. The Bertz CT molecular complexity index is 953. The maximum Gasteiger partial charge on any atom is 0.271 e. The molecule has 1 aliphatic rings. The number of hydrogen-bond acceptors (Lipinski definition) is 7. The van der Waals surface area contributed by atoms with E-state index >= 15 is 0 Å². The fraction of sp³-hybridized carbons (Fsp3) is 0.273. The minimum atomic E-state index is -3.94. The van der Waals surface area contributed by atoms with Crippen LogP contribution in [0, 0.1) is 13.8 Å². The first-order chi connectivity index (χ1) is 14.4. The molecule has 31 heavy (non-hydrogen) atoms. The highest BCUT2D eigenvalue weighted by atomic mass is 32.2. The lowest BCUT2D eigenvalue weighted by atomic mass is 10.1. The summed E-state index contributed by atoms with van der Waals surface area (Å²) < 4.78 is 29.6. The van der Waals surface area contributed by atoms with Gasteiger partial charge in [-0.1, -0.05) is 26.0 Å². The van der Waals surface area contributed by atoms with Crippen LogP contribution in [0.3, 0.4) is 0 Å². The Morgan fingerprint density at radius 2 is 1.26 bits per heavy atom. The van der Waals surface area contributed by atoms with Crippen LogP contribution in [0.2, 0.25) is 0 Å². The van der Waals surface area contributed by atoms with Crippen LogP contribution in [0.25, 0.3) is 0 Å². The van der Waals surface area contributed by atoms with E-state index in [1.54, 1.807) is 18.2 Å². The van der Waals surface area contributed by atoms with E-state index in [0.717, 1.165) is 33.9 Å². The molecule has 1 unspecified atom stereocenters. The van der Waals surface area contributed by atoms with Crippen molar-refractivity contribution in [2.45, 2.75) is 39.4 Å². The molecule has 0 saturated heterocycles. The maximum absolute atomic E-state index is 10.5. The second kappa shape index (κ2) is 13.2. The number of nitrogens with two attached hydrogens (primary N) is 5. The van der Waals surface area contributed by atoms with Crippen molar-refractivity contribution in [2.75, 3.05) is 22.9 Å². The van der Waals surface area contributed by atoms with E-state index in [1.807, 2.05) is 52.0 Å². The summed E-state index contributed by atoms with van der Waals surface area (Å²) in [5.41, 5.74) is 33.1. The maximum atomic E-state index is 10.5. The zero-order valence-corrected chi connectivity index (χ0v) is 19.4. The zero-order chi connectivity index (χ0) is 24.2. The predicted molar refractivity (Wildman–Crippen MR) is 133 cm³/mol. The fourth-order valence-electron chi connectivity index (χ4n) is 2.24. The van der Waals surface area contributed by atoms with Gasteiger partial charge in [-0.25, -0.2) is 0 Å². The largest absolute Gasteiger partial charge is 0.399 e. The third-order valence-electron chi connectivity index (χ3n) is 4.06. The van der Waals surface area contributed by atoms with Crippen molar-refractivity contribution >= 4 is 32.9 Å². The summed E-state index contributed by atoms with van der Waals surface area (Å²) in [5.74, 6) is 0. The Morgan fingerprint density at radius 3 is 1.52 bits per heavy atom. The number of allylic oxidation sites excluding steroid dienone is 2. The topological polar surface area (TPSA) is 184 Å². The third kappa shape index (κ3) is 11.0. The van der Waals surface area contributed by atoms with Crippen LogP contribution < -0.4 is 28.7 Å². The molecule has 11 N–H and O–H groups in total.